The summed E-state index contributed by atoms with van der Waals surface area (Å²) in [7, 11) is 3.42. The quantitative estimate of drug-likeness (QED) is 0.569. The molecule has 0 radical (unpaired) electrons. The van der Waals surface area contributed by atoms with Gasteiger partial charge in [0.15, 0.2) is 0 Å². The summed E-state index contributed by atoms with van der Waals surface area (Å²) in [4.78, 5) is 14.1. The van der Waals surface area contributed by atoms with Crippen molar-refractivity contribution in [2.75, 3.05) is 27.3 Å². The lowest BCUT2D eigenvalue weighted by Gasteiger charge is -2.19. The summed E-state index contributed by atoms with van der Waals surface area (Å²) in [5.74, 6) is 0.125. The van der Waals surface area contributed by atoms with Crippen molar-refractivity contribution in [3.8, 4) is 6.07 Å². The molecule has 1 heterocycles. The molecule has 0 aliphatic rings. The molecule has 5 nitrogen and oxygen atoms in total. The van der Waals surface area contributed by atoms with Crippen LogP contribution in [0.15, 0.2) is 11.6 Å². The van der Waals surface area contributed by atoms with Crippen LogP contribution < -0.4 is 0 Å². The fourth-order valence-electron chi connectivity index (χ4n) is 3.08. The molecule has 1 aromatic rings. The van der Waals surface area contributed by atoms with Crippen molar-refractivity contribution in [2.45, 2.75) is 40.7 Å². The number of amides is 1. The zero-order chi connectivity index (χ0) is 18.4. The predicted octanol–water partition coefficient (Wildman–Crippen LogP) is 3.33. The van der Waals surface area contributed by atoms with Gasteiger partial charge in [-0.1, -0.05) is 13.8 Å². The molecule has 132 valence electrons. The summed E-state index contributed by atoms with van der Waals surface area (Å²) in [6, 6.07) is 4.26. The highest BCUT2D eigenvalue weighted by molar-refractivity contribution is 6.01. The van der Waals surface area contributed by atoms with Gasteiger partial charge in [-0.15, -0.1) is 0 Å². The van der Waals surface area contributed by atoms with Crippen molar-refractivity contribution >= 4 is 12.0 Å². The van der Waals surface area contributed by atoms with Crippen LogP contribution in [-0.4, -0.2) is 42.7 Å². The summed E-state index contributed by atoms with van der Waals surface area (Å²) in [6.07, 6.45) is 1.69. The van der Waals surface area contributed by atoms with Crippen molar-refractivity contribution in [3.05, 3.63) is 28.6 Å². The molecule has 24 heavy (non-hydrogen) atoms. The van der Waals surface area contributed by atoms with Crippen LogP contribution >= 0.6 is 0 Å². The molecule has 0 N–H and O–H groups in total. The summed E-state index contributed by atoms with van der Waals surface area (Å²) >= 11 is 0. The normalized spacial score (nSPS) is 13.0. The average Bonchev–Trinajstić information content (AvgIpc) is 2.77. The lowest BCUT2D eigenvalue weighted by atomic mass is 10.1. The van der Waals surface area contributed by atoms with Gasteiger partial charge < -0.3 is 14.2 Å². The standard InChI is InChI=1S/C19H29N3O2/c1-13(2)11-21(6)19(23)18(10-20)9-17-8-14(3)22(16(17)5)15(4)12-24-7/h8-9,13,15H,11-12H2,1-7H3/b18-9+. The van der Waals surface area contributed by atoms with Crippen LogP contribution in [0.1, 0.15) is 43.8 Å². The van der Waals surface area contributed by atoms with Crippen molar-refractivity contribution in [3.63, 3.8) is 0 Å². The third-order valence-corrected chi connectivity index (χ3v) is 4.01. The van der Waals surface area contributed by atoms with Crippen LogP contribution in [0.2, 0.25) is 0 Å². The first-order valence-electron chi connectivity index (χ1n) is 8.27. The van der Waals surface area contributed by atoms with E-state index in [4.69, 9.17) is 4.74 Å². The third-order valence-electron chi connectivity index (χ3n) is 4.01. The van der Waals surface area contributed by atoms with Crippen LogP contribution in [0.3, 0.4) is 0 Å². The van der Waals surface area contributed by atoms with E-state index in [-0.39, 0.29) is 17.5 Å². The maximum absolute atomic E-state index is 12.5. The van der Waals surface area contributed by atoms with Crippen molar-refractivity contribution in [1.82, 2.24) is 9.47 Å². The van der Waals surface area contributed by atoms with Crippen LogP contribution in [-0.2, 0) is 9.53 Å². The van der Waals surface area contributed by atoms with E-state index in [0.717, 1.165) is 17.0 Å². The van der Waals surface area contributed by atoms with E-state index in [1.54, 1.807) is 25.1 Å². The van der Waals surface area contributed by atoms with Gasteiger partial charge in [-0.05, 0) is 44.4 Å². The van der Waals surface area contributed by atoms with Crippen molar-refractivity contribution < 1.29 is 9.53 Å². The van der Waals surface area contributed by atoms with Gasteiger partial charge in [0.2, 0.25) is 0 Å². The van der Waals surface area contributed by atoms with E-state index < -0.39 is 0 Å². The van der Waals surface area contributed by atoms with Gasteiger partial charge in [-0.3, -0.25) is 4.79 Å². The van der Waals surface area contributed by atoms with Gasteiger partial charge in [-0.2, -0.15) is 5.26 Å². The third kappa shape index (κ3) is 4.72. The molecule has 0 saturated heterocycles. The number of ether oxygens (including phenoxy) is 1. The second kappa shape index (κ2) is 8.70. The zero-order valence-electron chi connectivity index (χ0n) is 15.9. The lowest BCUT2D eigenvalue weighted by Crippen LogP contribution is -2.31. The Morgan fingerprint density at radius 2 is 2.04 bits per heavy atom. The molecule has 0 aromatic carbocycles. The first-order valence-corrected chi connectivity index (χ1v) is 8.27. The van der Waals surface area contributed by atoms with Crippen molar-refractivity contribution in [1.29, 1.82) is 5.26 Å². The number of rotatable bonds is 7. The minimum atomic E-state index is -0.235. The summed E-state index contributed by atoms with van der Waals surface area (Å²) in [6.45, 7) is 11.4. The molecule has 0 spiro atoms. The fraction of sp³-hybridized carbons (Fsp3) is 0.579. The number of nitriles is 1. The molecule has 0 aliphatic heterocycles. The Hall–Kier alpha value is -2.06. The highest BCUT2D eigenvalue weighted by atomic mass is 16.5. The van der Waals surface area contributed by atoms with Gasteiger partial charge >= 0.3 is 0 Å². The molecule has 1 atom stereocenters. The number of likely N-dealkylation sites (N-methyl/N-ethyl adjacent to an activating group) is 1. The second-order valence-corrected chi connectivity index (χ2v) is 6.75. The van der Waals surface area contributed by atoms with Gasteiger partial charge in [0, 0.05) is 32.1 Å². The first-order chi connectivity index (χ1) is 11.2. The molecule has 0 aliphatic carbocycles. The molecule has 1 amide bonds. The van der Waals surface area contributed by atoms with E-state index in [9.17, 15) is 10.1 Å². The van der Waals surface area contributed by atoms with Crippen molar-refractivity contribution in [2.24, 2.45) is 5.92 Å². The summed E-state index contributed by atoms with van der Waals surface area (Å²) < 4.78 is 7.41. The number of hydrogen-bond donors (Lipinski definition) is 0. The number of hydrogen-bond acceptors (Lipinski definition) is 3. The van der Waals surface area contributed by atoms with Gasteiger partial charge in [0.1, 0.15) is 11.6 Å². The molecule has 0 bridgehead atoms. The number of methoxy groups -OCH3 is 1. The monoisotopic (exact) mass is 331 g/mol. The number of carbonyl (C=O) groups excluding carboxylic acids is 1. The van der Waals surface area contributed by atoms with Crippen LogP contribution in [0.25, 0.3) is 6.08 Å². The number of aryl methyl sites for hydroxylation is 1. The highest BCUT2D eigenvalue weighted by Crippen LogP contribution is 2.23. The predicted molar refractivity (Wildman–Crippen MR) is 96.6 cm³/mol. The SMILES string of the molecule is COCC(C)n1c(C)cc(/C=C(\C#N)C(=O)N(C)CC(C)C)c1C. The molecule has 1 rings (SSSR count). The first kappa shape index (κ1) is 20.0. The maximum atomic E-state index is 12.5. The Morgan fingerprint density at radius 1 is 1.42 bits per heavy atom. The fourth-order valence-corrected chi connectivity index (χ4v) is 3.08. The van der Waals surface area contributed by atoms with Crippen LogP contribution in [0, 0.1) is 31.1 Å². The largest absolute Gasteiger partial charge is 0.383 e. The molecule has 1 aromatic heterocycles. The van der Waals surface area contributed by atoms with E-state index in [1.807, 2.05) is 33.8 Å². The second-order valence-electron chi connectivity index (χ2n) is 6.75. The highest BCUT2D eigenvalue weighted by Gasteiger charge is 2.18. The zero-order valence-corrected chi connectivity index (χ0v) is 15.9. The summed E-state index contributed by atoms with van der Waals surface area (Å²) in [5.41, 5.74) is 3.18. The number of aromatic nitrogens is 1. The van der Waals surface area contributed by atoms with E-state index in [2.05, 4.69) is 17.6 Å². The van der Waals surface area contributed by atoms with E-state index in [0.29, 0.717) is 19.1 Å². The Morgan fingerprint density at radius 3 is 2.54 bits per heavy atom. The molecular weight excluding hydrogens is 302 g/mol. The van der Waals surface area contributed by atoms with Crippen LogP contribution in [0.5, 0.6) is 0 Å². The van der Waals surface area contributed by atoms with Crippen LogP contribution in [0.4, 0.5) is 0 Å². The lowest BCUT2D eigenvalue weighted by molar-refractivity contribution is -0.125. The average molecular weight is 331 g/mol. The van der Waals surface area contributed by atoms with Gasteiger partial charge in [-0.25, -0.2) is 0 Å². The minimum absolute atomic E-state index is 0.165. The minimum Gasteiger partial charge on any atom is -0.383 e. The Labute approximate surface area is 145 Å². The van der Waals surface area contributed by atoms with E-state index in [1.165, 1.54) is 0 Å². The Bertz CT molecular complexity index is 650. The number of nitrogens with zero attached hydrogens (tertiary/aromatic N) is 3. The molecule has 0 saturated carbocycles. The molecular formula is C19H29N3O2. The Balaban J connectivity index is 3.16. The summed E-state index contributed by atoms with van der Waals surface area (Å²) in [5, 5.41) is 9.41. The topological polar surface area (TPSA) is 58.3 Å². The Kier molecular flexibility index (Phi) is 7.24. The maximum Gasteiger partial charge on any atom is 0.264 e. The molecule has 0 fully saturated rings. The smallest absolute Gasteiger partial charge is 0.264 e. The molecule has 1 unspecified atom stereocenters. The molecule has 5 heteroatoms. The van der Waals surface area contributed by atoms with Gasteiger partial charge in [0.05, 0.1) is 12.6 Å². The van der Waals surface area contributed by atoms with E-state index >= 15 is 0 Å². The number of carbonyl (C=O) groups is 1. The van der Waals surface area contributed by atoms with Gasteiger partial charge in [0.25, 0.3) is 5.91 Å².